The zero-order chi connectivity index (χ0) is 17.9. The molecule has 2 heterocycles. The maximum absolute atomic E-state index is 12.0. The molecule has 7 heteroatoms. The van der Waals surface area contributed by atoms with Crippen LogP contribution in [-0.2, 0) is 13.1 Å². The van der Waals surface area contributed by atoms with Crippen molar-refractivity contribution in [1.82, 2.24) is 19.3 Å². The minimum Gasteiger partial charge on any atom is -0.408 e. The molecule has 0 aliphatic carbocycles. The number of aryl methyl sites for hydroxylation is 2. The first-order valence-corrected chi connectivity index (χ1v) is 9.36. The molecule has 0 saturated heterocycles. The van der Waals surface area contributed by atoms with Crippen LogP contribution >= 0.6 is 11.8 Å². The maximum atomic E-state index is 12.0. The lowest BCUT2D eigenvalue weighted by atomic mass is 10.2. The van der Waals surface area contributed by atoms with Gasteiger partial charge in [-0.25, -0.2) is 4.79 Å². The van der Waals surface area contributed by atoms with Gasteiger partial charge in [-0.2, -0.15) is 0 Å². The van der Waals surface area contributed by atoms with Gasteiger partial charge < -0.3 is 8.98 Å². The Morgan fingerprint density at radius 3 is 2.62 bits per heavy atom. The van der Waals surface area contributed by atoms with E-state index in [9.17, 15) is 4.79 Å². The number of oxazole rings is 1. The van der Waals surface area contributed by atoms with E-state index in [0.29, 0.717) is 17.9 Å². The molecule has 0 amide bonds. The van der Waals surface area contributed by atoms with Gasteiger partial charge in [0.25, 0.3) is 0 Å². The molecule has 0 unspecified atom stereocenters. The van der Waals surface area contributed by atoms with E-state index in [-0.39, 0.29) is 5.76 Å². The summed E-state index contributed by atoms with van der Waals surface area (Å²) in [5, 5.41) is 9.34. The van der Waals surface area contributed by atoms with Crippen molar-refractivity contribution in [1.29, 1.82) is 0 Å². The third kappa shape index (κ3) is 3.30. The number of aromatic nitrogens is 4. The van der Waals surface area contributed by atoms with E-state index >= 15 is 0 Å². The van der Waals surface area contributed by atoms with Crippen molar-refractivity contribution in [2.45, 2.75) is 25.2 Å². The van der Waals surface area contributed by atoms with Crippen LogP contribution in [0.2, 0.25) is 0 Å². The molecule has 0 fully saturated rings. The maximum Gasteiger partial charge on any atom is 0.419 e. The van der Waals surface area contributed by atoms with Gasteiger partial charge in [0.1, 0.15) is 5.82 Å². The Bertz CT molecular complexity index is 1080. The Balaban J connectivity index is 1.48. The molecule has 4 aromatic rings. The van der Waals surface area contributed by atoms with Crippen molar-refractivity contribution >= 4 is 22.9 Å². The second-order valence-electron chi connectivity index (χ2n) is 5.94. The molecule has 0 aliphatic rings. The van der Waals surface area contributed by atoms with E-state index in [1.165, 1.54) is 5.56 Å². The van der Waals surface area contributed by atoms with Crippen LogP contribution in [0.25, 0.3) is 11.1 Å². The second kappa shape index (κ2) is 7.21. The summed E-state index contributed by atoms with van der Waals surface area (Å²) in [5.41, 5.74) is 2.64. The van der Waals surface area contributed by atoms with E-state index in [4.69, 9.17) is 4.42 Å². The van der Waals surface area contributed by atoms with E-state index < -0.39 is 0 Å². The van der Waals surface area contributed by atoms with E-state index in [1.807, 2.05) is 43.3 Å². The number of fused-ring (bicyclic) bond motifs is 1. The summed E-state index contributed by atoms with van der Waals surface area (Å²) in [5.74, 6) is 1.26. The number of nitrogens with zero attached hydrogens (tertiary/aromatic N) is 4. The first-order chi connectivity index (χ1) is 12.7. The van der Waals surface area contributed by atoms with Crippen molar-refractivity contribution in [3.8, 4) is 0 Å². The van der Waals surface area contributed by atoms with E-state index in [1.54, 1.807) is 22.4 Å². The lowest BCUT2D eigenvalue weighted by molar-refractivity contribution is 0.514. The average molecular weight is 366 g/mol. The number of thioether (sulfide) groups is 1. The molecule has 0 radical (unpaired) electrons. The Morgan fingerprint density at radius 2 is 1.77 bits per heavy atom. The Labute approximate surface area is 154 Å². The smallest absolute Gasteiger partial charge is 0.408 e. The third-order valence-corrected chi connectivity index (χ3v) is 5.15. The van der Waals surface area contributed by atoms with Gasteiger partial charge in [-0.15, -0.1) is 10.2 Å². The van der Waals surface area contributed by atoms with E-state index in [2.05, 4.69) is 26.9 Å². The highest BCUT2D eigenvalue weighted by molar-refractivity contribution is 7.99. The fourth-order valence-electron chi connectivity index (χ4n) is 2.87. The fraction of sp³-hybridized carbons (Fsp3) is 0.211. The monoisotopic (exact) mass is 366 g/mol. The van der Waals surface area contributed by atoms with Gasteiger partial charge >= 0.3 is 5.76 Å². The fourth-order valence-corrected chi connectivity index (χ4v) is 3.78. The molecule has 132 valence electrons. The lowest BCUT2D eigenvalue weighted by Gasteiger charge is -2.08. The van der Waals surface area contributed by atoms with Gasteiger partial charge in [0.05, 0.1) is 12.1 Å². The quantitative estimate of drug-likeness (QED) is 0.490. The van der Waals surface area contributed by atoms with Gasteiger partial charge in [-0.05, 0) is 24.6 Å². The summed E-state index contributed by atoms with van der Waals surface area (Å²) in [6.07, 6.45) is 0. The highest BCUT2D eigenvalue weighted by Gasteiger charge is 2.12. The average Bonchev–Trinajstić information content (AvgIpc) is 3.16. The van der Waals surface area contributed by atoms with Crippen LogP contribution in [0.3, 0.4) is 0 Å². The van der Waals surface area contributed by atoms with Crippen LogP contribution in [0, 0.1) is 6.92 Å². The van der Waals surface area contributed by atoms with Crippen LogP contribution in [-0.4, -0.2) is 25.1 Å². The molecular formula is C19H18N4O2S. The SMILES string of the molecule is Cc1nnc(SCCn2c(=O)oc3ccccc32)n1Cc1ccccc1. The predicted octanol–water partition coefficient (Wildman–Crippen LogP) is 3.34. The molecule has 0 saturated carbocycles. The third-order valence-electron chi connectivity index (χ3n) is 4.21. The van der Waals surface area contributed by atoms with Crippen molar-refractivity contribution in [3.63, 3.8) is 0 Å². The van der Waals surface area contributed by atoms with Gasteiger partial charge in [0.15, 0.2) is 10.7 Å². The number of hydrogen-bond donors (Lipinski definition) is 0. The summed E-state index contributed by atoms with van der Waals surface area (Å²) in [7, 11) is 0. The molecule has 0 spiro atoms. The standard InChI is InChI=1S/C19H18N4O2S/c1-14-20-21-18(23(14)13-15-7-3-2-4-8-15)26-12-11-22-16-9-5-6-10-17(16)25-19(22)24/h2-10H,11-13H2,1H3. The number of hydrogen-bond acceptors (Lipinski definition) is 5. The van der Waals surface area contributed by atoms with Crippen molar-refractivity contribution in [2.75, 3.05) is 5.75 Å². The molecular weight excluding hydrogens is 348 g/mol. The molecule has 2 aromatic heterocycles. The topological polar surface area (TPSA) is 65.8 Å². The van der Waals surface area contributed by atoms with Crippen LogP contribution in [0.15, 0.2) is 69.0 Å². The second-order valence-corrected chi connectivity index (χ2v) is 7.00. The minimum atomic E-state index is -0.325. The Kier molecular flexibility index (Phi) is 4.62. The first-order valence-electron chi connectivity index (χ1n) is 8.37. The largest absolute Gasteiger partial charge is 0.419 e. The van der Waals surface area contributed by atoms with Crippen molar-refractivity contribution < 1.29 is 4.42 Å². The minimum absolute atomic E-state index is 0.325. The number of rotatable bonds is 6. The van der Waals surface area contributed by atoms with Crippen molar-refractivity contribution in [3.05, 3.63) is 76.5 Å². The lowest BCUT2D eigenvalue weighted by Crippen LogP contribution is -2.15. The zero-order valence-electron chi connectivity index (χ0n) is 14.3. The summed E-state index contributed by atoms with van der Waals surface area (Å²) in [4.78, 5) is 12.0. The van der Waals surface area contributed by atoms with Crippen LogP contribution in [0.4, 0.5) is 0 Å². The number of para-hydroxylation sites is 2. The summed E-state index contributed by atoms with van der Waals surface area (Å²) in [6.45, 7) is 3.24. The zero-order valence-corrected chi connectivity index (χ0v) is 15.1. The van der Waals surface area contributed by atoms with Gasteiger partial charge in [-0.3, -0.25) is 4.57 Å². The molecule has 0 aliphatic heterocycles. The van der Waals surface area contributed by atoms with E-state index in [0.717, 1.165) is 23.0 Å². The van der Waals surface area contributed by atoms with Gasteiger partial charge in [-0.1, -0.05) is 54.2 Å². The molecule has 0 bridgehead atoms. The highest BCUT2D eigenvalue weighted by Crippen LogP contribution is 2.20. The molecule has 0 atom stereocenters. The normalized spacial score (nSPS) is 11.3. The summed E-state index contributed by atoms with van der Waals surface area (Å²) >= 11 is 1.59. The van der Waals surface area contributed by atoms with Crippen LogP contribution < -0.4 is 5.76 Å². The molecule has 26 heavy (non-hydrogen) atoms. The highest BCUT2D eigenvalue weighted by atomic mass is 32.2. The number of benzene rings is 2. The molecule has 2 aromatic carbocycles. The van der Waals surface area contributed by atoms with Crippen molar-refractivity contribution in [2.24, 2.45) is 0 Å². The molecule has 6 nitrogen and oxygen atoms in total. The molecule has 0 N–H and O–H groups in total. The van der Waals surface area contributed by atoms with Crippen LogP contribution in [0.1, 0.15) is 11.4 Å². The Hall–Kier alpha value is -2.80. The predicted molar refractivity (Wildman–Crippen MR) is 102 cm³/mol. The first kappa shape index (κ1) is 16.7. The summed E-state index contributed by atoms with van der Waals surface area (Å²) < 4.78 is 9.03. The van der Waals surface area contributed by atoms with Gasteiger partial charge in [0.2, 0.25) is 0 Å². The summed E-state index contributed by atoms with van der Waals surface area (Å²) in [6, 6.07) is 17.7. The molecule has 4 rings (SSSR count). The Morgan fingerprint density at radius 1 is 1.00 bits per heavy atom. The van der Waals surface area contributed by atoms with Gasteiger partial charge in [0, 0.05) is 12.3 Å². The van der Waals surface area contributed by atoms with Crippen LogP contribution in [0.5, 0.6) is 0 Å².